The molecule has 0 spiro atoms. The highest BCUT2D eigenvalue weighted by molar-refractivity contribution is 5.98. The Morgan fingerprint density at radius 3 is 2.02 bits per heavy atom. The largest absolute Gasteiger partial charge is 0.489 e. The summed E-state index contributed by atoms with van der Waals surface area (Å²) < 4.78 is 33.2. The summed E-state index contributed by atoms with van der Waals surface area (Å²) in [6, 6.07) is 30.3. The molecule has 0 aliphatic carbocycles. The van der Waals surface area contributed by atoms with E-state index in [-0.39, 0.29) is 23.6 Å². The van der Waals surface area contributed by atoms with Crippen LogP contribution in [0, 0.1) is 11.6 Å². The second-order valence-corrected chi connectivity index (χ2v) is 10.0. The number of benzene rings is 4. The Morgan fingerprint density at radius 2 is 1.40 bits per heavy atom. The molecule has 0 bridgehead atoms. The second-order valence-electron chi connectivity index (χ2n) is 10.0. The second kappa shape index (κ2) is 11.3. The lowest BCUT2D eigenvalue weighted by atomic mass is 9.96. The van der Waals surface area contributed by atoms with Crippen LogP contribution in [0.25, 0.3) is 10.9 Å². The molecule has 1 saturated heterocycles. The van der Waals surface area contributed by atoms with Crippen LogP contribution in [0.4, 0.5) is 8.78 Å². The minimum atomic E-state index is -0.301. The molecule has 5 aromatic rings. The van der Waals surface area contributed by atoms with Gasteiger partial charge in [0, 0.05) is 37.1 Å². The van der Waals surface area contributed by atoms with Crippen LogP contribution in [-0.4, -0.2) is 46.9 Å². The van der Waals surface area contributed by atoms with E-state index in [0.29, 0.717) is 38.5 Å². The highest BCUT2D eigenvalue weighted by atomic mass is 19.1. The smallest absolute Gasteiger partial charge is 0.270 e. The number of nitrogens with zero attached hydrogens (tertiary/aromatic N) is 2. The summed E-state index contributed by atoms with van der Waals surface area (Å²) in [6.45, 7) is 2.81. The normalized spacial score (nSPS) is 14.1. The molecule has 7 heteroatoms. The molecular formula is C33H29F2N3O2. The number of hydrogen-bond acceptors (Lipinski definition) is 3. The first kappa shape index (κ1) is 25.8. The van der Waals surface area contributed by atoms with E-state index in [4.69, 9.17) is 4.74 Å². The topological polar surface area (TPSA) is 48.6 Å². The molecule has 1 aliphatic rings. The summed E-state index contributed by atoms with van der Waals surface area (Å²) in [5, 5.41) is 0.917. The van der Waals surface area contributed by atoms with E-state index in [1.807, 2.05) is 59.5 Å². The van der Waals surface area contributed by atoms with Crippen molar-refractivity contribution in [2.75, 3.05) is 26.2 Å². The molecule has 0 radical (unpaired) electrons. The highest BCUT2D eigenvalue weighted by Gasteiger charge is 2.29. The summed E-state index contributed by atoms with van der Waals surface area (Å²) in [5.41, 5.74) is 4.36. The van der Waals surface area contributed by atoms with Gasteiger partial charge in [0.15, 0.2) is 0 Å². The van der Waals surface area contributed by atoms with Gasteiger partial charge in [-0.1, -0.05) is 54.6 Å². The van der Waals surface area contributed by atoms with Crippen LogP contribution in [0.1, 0.15) is 33.2 Å². The Bertz CT molecular complexity index is 1550. The van der Waals surface area contributed by atoms with Crippen molar-refractivity contribution in [1.29, 1.82) is 0 Å². The molecule has 0 atom stereocenters. The number of carbonyl (C=O) groups excluding carboxylic acids is 1. The van der Waals surface area contributed by atoms with Gasteiger partial charge in [-0.25, -0.2) is 8.78 Å². The zero-order chi connectivity index (χ0) is 27.5. The number of aromatic amines is 1. The Hall–Kier alpha value is -4.49. The fourth-order valence-electron chi connectivity index (χ4n) is 5.31. The third-order valence-electron chi connectivity index (χ3n) is 7.41. The van der Waals surface area contributed by atoms with Gasteiger partial charge >= 0.3 is 0 Å². The number of ether oxygens (including phenoxy) is 1. The highest BCUT2D eigenvalue weighted by Crippen LogP contribution is 2.31. The van der Waals surface area contributed by atoms with E-state index >= 15 is 0 Å². The van der Waals surface area contributed by atoms with Crippen molar-refractivity contribution in [2.45, 2.75) is 12.6 Å². The summed E-state index contributed by atoms with van der Waals surface area (Å²) in [7, 11) is 0. The molecule has 4 aromatic carbocycles. The molecule has 0 saturated carbocycles. The average molecular weight is 538 g/mol. The number of hydrogen-bond donors (Lipinski definition) is 1. The maximum Gasteiger partial charge on any atom is 0.270 e. The van der Waals surface area contributed by atoms with Gasteiger partial charge in [-0.15, -0.1) is 0 Å². The fraction of sp³-hybridized carbons (Fsp3) is 0.182. The van der Waals surface area contributed by atoms with E-state index < -0.39 is 0 Å². The molecule has 1 N–H and O–H groups in total. The third-order valence-corrected chi connectivity index (χ3v) is 7.41. The van der Waals surface area contributed by atoms with Gasteiger partial charge in [-0.05, 0) is 65.2 Å². The molecule has 40 heavy (non-hydrogen) atoms. The molecule has 1 amide bonds. The standard InChI is InChI=1S/C33H29F2N3O2/c34-27-10-6-24(7-11-27)32(25-8-12-28(35)13-9-25)37-16-18-38(19-17-37)33(39)31-21-26-20-29(14-15-30(26)36-31)40-22-23-4-2-1-3-5-23/h1-15,20-21,32,36H,16-19,22H2. The van der Waals surface area contributed by atoms with Gasteiger partial charge < -0.3 is 14.6 Å². The van der Waals surface area contributed by atoms with Gasteiger partial charge in [0.05, 0.1) is 6.04 Å². The lowest BCUT2D eigenvalue weighted by molar-refractivity contribution is 0.0592. The first-order valence-electron chi connectivity index (χ1n) is 13.4. The number of carbonyl (C=O) groups is 1. The van der Waals surface area contributed by atoms with Crippen LogP contribution in [0.3, 0.4) is 0 Å². The molecule has 1 aliphatic heterocycles. The first-order chi connectivity index (χ1) is 19.5. The summed E-state index contributed by atoms with van der Waals surface area (Å²) in [6.07, 6.45) is 0. The van der Waals surface area contributed by atoms with Crippen molar-refractivity contribution >= 4 is 16.8 Å². The van der Waals surface area contributed by atoms with Crippen LogP contribution in [0.2, 0.25) is 0 Å². The number of piperazine rings is 1. The van der Waals surface area contributed by atoms with E-state index in [1.165, 1.54) is 24.3 Å². The van der Waals surface area contributed by atoms with Crippen molar-refractivity contribution in [3.05, 3.63) is 137 Å². The molecule has 6 rings (SSSR count). The zero-order valence-electron chi connectivity index (χ0n) is 21.9. The number of nitrogens with one attached hydrogen (secondary N) is 1. The predicted octanol–water partition coefficient (Wildman–Crippen LogP) is 6.57. The van der Waals surface area contributed by atoms with Gasteiger partial charge in [0.25, 0.3) is 5.91 Å². The molecule has 5 nitrogen and oxygen atoms in total. The van der Waals surface area contributed by atoms with Crippen molar-refractivity contribution < 1.29 is 18.3 Å². The lowest BCUT2D eigenvalue weighted by Crippen LogP contribution is -2.50. The molecular weight excluding hydrogens is 508 g/mol. The summed E-state index contributed by atoms with van der Waals surface area (Å²) in [5.74, 6) is 0.0915. The van der Waals surface area contributed by atoms with Crippen LogP contribution >= 0.6 is 0 Å². The number of rotatable bonds is 7. The predicted molar refractivity (Wildman–Crippen MR) is 151 cm³/mol. The van der Waals surface area contributed by atoms with Gasteiger partial charge in [0.2, 0.25) is 0 Å². The van der Waals surface area contributed by atoms with E-state index in [9.17, 15) is 13.6 Å². The Kier molecular flexibility index (Phi) is 7.29. The summed E-state index contributed by atoms with van der Waals surface area (Å²) in [4.78, 5) is 20.8. The Labute approximate surface area is 231 Å². The van der Waals surface area contributed by atoms with Crippen molar-refractivity contribution in [3.63, 3.8) is 0 Å². The zero-order valence-corrected chi connectivity index (χ0v) is 21.9. The van der Waals surface area contributed by atoms with E-state index in [1.54, 1.807) is 24.3 Å². The summed E-state index contributed by atoms with van der Waals surface area (Å²) >= 11 is 0. The van der Waals surface area contributed by atoms with Crippen LogP contribution in [0.5, 0.6) is 5.75 Å². The molecule has 0 unspecified atom stereocenters. The number of aromatic nitrogens is 1. The number of amides is 1. The maximum atomic E-state index is 13.6. The van der Waals surface area contributed by atoms with Gasteiger partial charge in [0.1, 0.15) is 29.7 Å². The van der Waals surface area contributed by atoms with E-state index in [0.717, 1.165) is 33.3 Å². The molecule has 1 fully saturated rings. The first-order valence-corrected chi connectivity index (χ1v) is 13.4. The Balaban J connectivity index is 1.14. The van der Waals surface area contributed by atoms with Crippen molar-refractivity contribution in [1.82, 2.24) is 14.8 Å². The van der Waals surface area contributed by atoms with Gasteiger partial charge in [-0.2, -0.15) is 0 Å². The Morgan fingerprint density at radius 1 is 0.775 bits per heavy atom. The lowest BCUT2D eigenvalue weighted by Gasteiger charge is -2.39. The molecule has 2 heterocycles. The average Bonchev–Trinajstić information content (AvgIpc) is 3.42. The monoisotopic (exact) mass is 537 g/mol. The minimum Gasteiger partial charge on any atom is -0.489 e. The van der Waals surface area contributed by atoms with Crippen LogP contribution < -0.4 is 4.74 Å². The fourth-order valence-corrected chi connectivity index (χ4v) is 5.31. The number of halogens is 2. The van der Waals surface area contributed by atoms with Crippen LogP contribution in [0.15, 0.2) is 103 Å². The molecule has 202 valence electrons. The maximum absolute atomic E-state index is 13.6. The van der Waals surface area contributed by atoms with Crippen molar-refractivity contribution in [2.24, 2.45) is 0 Å². The number of fused-ring (bicyclic) bond motifs is 1. The quantitative estimate of drug-likeness (QED) is 0.255. The third kappa shape index (κ3) is 5.60. The number of H-pyrrole nitrogens is 1. The van der Waals surface area contributed by atoms with Crippen molar-refractivity contribution in [3.8, 4) is 5.75 Å². The minimum absolute atomic E-state index is 0.0530. The van der Waals surface area contributed by atoms with Crippen LogP contribution in [-0.2, 0) is 6.61 Å². The SMILES string of the molecule is O=C(c1cc2cc(OCc3ccccc3)ccc2[nH]1)N1CCN(C(c2ccc(F)cc2)c2ccc(F)cc2)CC1. The van der Waals surface area contributed by atoms with E-state index in [2.05, 4.69) is 9.88 Å². The molecule has 1 aromatic heterocycles. The van der Waals surface area contributed by atoms with Gasteiger partial charge in [-0.3, -0.25) is 9.69 Å².